The van der Waals surface area contributed by atoms with E-state index in [4.69, 9.17) is 0 Å². The summed E-state index contributed by atoms with van der Waals surface area (Å²) in [5.74, 6) is 0.128. The summed E-state index contributed by atoms with van der Waals surface area (Å²) >= 11 is 0. The first-order valence-corrected chi connectivity index (χ1v) is 5.70. The molecule has 0 spiro atoms. The first-order valence-electron chi connectivity index (χ1n) is 5.70. The van der Waals surface area contributed by atoms with E-state index in [1.807, 2.05) is 26.0 Å². The van der Waals surface area contributed by atoms with Gasteiger partial charge in [0.25, 0.3) is 0 Å². The number of hydrogen-bond acceptors (Lipinski definition) is 3. The van der Waals surface area contributed by atoms with Crippen LogP contribution in [0, 0.1) is 0 Å². The molecule has 4 nitrogen and oxygen atoms in total. The van der Waals surface area contributed by atoms with E-state index in [9.17, 15) is 9.59 Å². The highest BCUT2D eigenvalue weighted by Gasteiger charge is 2.39. The Morgan fingerprint density at radius 1 is 1.53 bits per heavy atom. The van der Waals surface area contributed by atoms with E-state index in [1.165, 1.54) is 0 Å². The van der Waals surface area contributed by atoms with Crippen molar-refractivity contribution in [1.82, 2.24) is 9.88 Å². The molecule has 0 atom stereocenters. The van der Waals surface area contributed by atoms with Crippen molar-refractivity contribution in [2.45, 2.75) is 32.2 Å². The van der Waals surface area contributed by atoms with Crippen LogP contribution >= 0.6 is 0 Å². The molecule has 2 rings (SSSR count). The maximum absolute atomic E-state index is 12.1. The summed E-state index contributed by atoms with van der Waals surface area (Å²) in [7, 11) is 0. The van der Waals surface area contributed by atoms with E-state index in [0.717, 1.165) is 5.56 Å². The van der Waals surface area contributed by atoms with Gasteiger partial charge in [-0.05, 0) is 25.5 Å². The Hall–Kier alpha value is -1.71. The van der Waals surface area contributed by atoms with Gasteiger partial charge in [-0.3, -0.25) is 14.6 Å². The first kappa shape index (κ1) is 11.8. The highest BCUT2D eigenvalue weighted by Crippen LogP contribution is 2.26. The molecule has 90 valence electrons. The number of carbonyl (C=O) groups excluding carboxylic acids is 2. The van der Waals surface area contributed by atoms with Gasteiger partial charge in [-0.1, -0.05) is 6.07 Å². The molecule has 1 aromatic heterocycles. The Labute approximate surface area is 101 Å². The van der Waals surface area contributed by atoms with Gasteiger partial charge in [0.2, 0.25) is 5.91 Å². The number of amides is 1. The third-order valence-corrected chi connectivity index (χ3v) is 3.07. The molecule has 1 aliphatic heterocycles. The minimum atomic E-state index is -0.351. The Balaban J connectivity index is 2.09. The Bertz CT molecular complexity index is 440. The van der Waals surface area contributed by atoms with Gasteiger partial charge in [0.15, 0.2) is 5.78 Å². The average Bonchev–Trinajstić information content (AvgIpc) is 2.53. The molecular weight excluding hydrogens is 216 g/mol. The molecule has 1 fully saturated rings. The van der Waals surface area contributed by atoms with Crippen LogP contribution < -0.4 is 0 Å². The van der Waals surface area contributed by atoms with Crippen molar-refractivity contribution in [2.75, 3.05) is 6.54 Å². The number of nitrogens with zero attached hydrogens (tertiary/aromatic N) is 2. The fourth-order valence-electron chi connectivity index (χ4n) is 2.22. The van der Waals surface area contributed by atoms with Gasteiger partial charge in [0, 0.05) is 24.4 Å². The van der Waals surface area contributed by atoms with Crippen LogP contribution in [-0.2, 0) is 16.0 Å². The van der Waals surface area contributed by atoms with Crippen LogP contribution in [0.15, 0.2) is 24.5 Å². The van der Waals surface area contributed by atoms with Crippen molar-refractivity contribution in [2.24, 2.45) is 0 Å². The molecule has 0 N–H and O–H groups in total. The standard InChI is InChI=1S/C13H16N2O2/c1-13(2)7-11(16)9-15(13)12(17)6-10-4-3-5-14-8-10/h3-5,8H,6-7,9H2,1-2H3. The van der Waals surface area contributed by atoms with E-state index in [-0.39, 0.29) is 23.8 Å². The van der Waals surface area contributed by atoms with Crippen LogP contribution in [-0.4, -0.2) is 33.7 Å². The van der Waals surface area contributed by atoms with Crippen molar-refractivity contribution < 1.29 is 9.59 Å². The van der Waals surface area contributed by atoms with Crippen LogP contribution in [0.1, 0.15) is 25.8 Å². The number of rotatable bonds is 2. The van der Waals surface area contributed by atoms with Crippen LogP contribution in [0.3, 0.4) is 0 Å². The Kier molecular flexibility index (Phi) is 2.96. The number of aromatic nitrogens is 1. The summed E-state index contributed by atoms with van der Waals surface area (Å²) in [5, 5.41) is 0. The summed E-state index contributed by atoms with van der Waals surface area (Å²) in [4.78, 5) is 29.2. The van der Waals surface area contributed by atoms with E-state index in [0.29, 0.717) is 12.8 Å². The molecule has 4 heteroatoms. The number of ketones is 1. The predicted octanol–water partition coefficient (Wildman–Crippen LogP) is 1.20. The number of pyridine rings is 1. The topological polar surface area (TPSA) is 50.3 Å². The number of hydrogen-bond donors (Lipinski definition) is 0. The van der Waals surface area contributed by atoms with Gasteiger partial charge in [0.1, 0.15) is 0 Å². The number of carbonyl (C=O) groups is 2. The van der Waals surface area contributed by atoms with Gasteiger partial charge in [0.05, 0.1) is 13.0 Å². The first-order chi connectivity index (χ1) is 7.99. The lowest BCUT2D eigenvalue weighted by Gasteiger charge is -2.30. The second-order valence-electron chi connectivity index (χ2n) is 5.05. The van der Waals surface area contributed by atoms with Crippen molar-refractivity contribution in [3.8, 4) is 0 Å². The third-order valence-electron chi connectivity index (χ3n) is 3.07. The monoisotopic (exact) mass is 232 g/mol. The average molecular weight is 232 g/mol. The fraction of sp³-hybridized carbons (Fsp3) is 0.462. The molecule has 1 aromatic rings. The lowest BCUT2D eigenvalue weighted by atomic mass is 10.0. The van der Waals surface area contributed by atoms with Gasteiger partial charge >= 0.3 is 0 Å². The van der Waals surface area contributed by atoms with Crippen LogP contribution in [0.25, 0.3) is 0 Å². The third kappa shape index (κ3) is 2.52. The van der Waals surface area contributed by atoms with E-state index < -0.39 is 0 Å². The molecule has 0 saturated carbocycles. The zero-order valence-corrected chi connectivity index (χ0v) is 10.1. The summed E-state index contributed by atoms with van der Waals surface area (Å²) in [6, 6.07) is 3.68. The van der Waals surface area contributed by atoms with Crippen molar-refractivity contribution in [3.63, 3.8) is 0 Å². The predicted molar refractivity (Wildman–Crippen MR) is 63.4 cm³/mol. The summed E-state index contributed by atoms with van der Waals surface area (Å²) in [6.07, 6.45) is 4.12. The zero-order chi connectivity index (χ0) is 12.5. The number of likely N-dealkylation sites (tertiary alicyclic amines) is 1. The Morgan fingerprint density at radius 2 is 2.29 bits per heavy atom. The number of Topliss-reactive ketones (excluding diaryl/α,β-unsaturated/α-hetero) is 1. The summed E-state index contributed by atoms with van der Waals surface area (Å²) < 4.78 is 0. The Morgan fingerprint density at radius 3 is 2.82 bits per heavy atom. The van der Waals surface area contributed by atoms with Crippen LogP contribution in [0.2, 0.25) is 0 Å². The van der Waals surface area contributed by atoms with Crippen molar-refractivity contribution in [1.29, 1.82) is 0 Å². The normalized spacial score (nSPS) is 18.5. The van der Waals surface area contributed by atoms with E-state index >= 15 is 0 Å². The second-order valence-corrected chi connectivity index (χ2v) is 5.05. The molecule has 1 amide bonds. The van der Waals surface area contributed by atoms with Gasteiger partial charge < -0.3 is 4.90 Å². The lowest BCUT2D eigenvalue weighted by molar-refractivity contribution is -0.134. The van der Waals surface area contributed by atoms with E-state index in [1.54, 1.807) is 17.3 Å². The molecule has 2 heterocycles. The fourth-order valence-corrected chi connectivity index (χ4v) is 2.22. The molecule has 0 unspecified atom stereocenters. The molecule has 0 bridgehead atoms. The SMILES string of the molecule is CC1(C)CC(=O)CN1C(=O)Cc1cccnc1. The molecular formula is C13H16N2O2. The second kappa shape index (κ2) is 4.28. The molecule has 17 heavy (non-hydrogen) atoms. The van der Waals surface area contributed by atoms with Crippen molar-refractivity contribution >= 4 is 11.7 Å². The smallest absolute Gasteiger partial charge is 0.227 e. The molecule has 0 aliphatic carbocycles. The van der Waals surface area contributed by atoms with Crippen LogP contribution in [0.4, 0.5) is 0 Å². The van der Waals surface area contributed by atoms with E-state index in [2.05, 4.69) is 4.98 Å². The minimum absolute atomic E-state index is 0.00569. The van der Waals surface area contributed by atoms with Crippen molar-refractivity contribution in [3.05, 3.63) is 30.1 Å². The van der Waals surface area contributed by atoms with Gasteiger partial charge in [-0.2, -0.15) is 0 Å². The highest BCUT2D eigenvalue weighted by atomic mass is 16.2. The quantitative estimate of drug-likeness (QED) is 0.770. The largest absolute Gasteiger partial charge is 0.330 e. The summed E-state index contributed by atoms with van der Waals surface area (Å²) in [6.45, 7) is 4.10. The zero-order valence-electron chi connectivity index (χ0n) is 10.1. The highest BCUT2D eigenvalue weighted by molar-refractivity contribution is 5.91. The molecule has 0 aromatic carbocycles. The van der Waals surface area contributed by atoms with Gasteiger partial charge in [-0.25, -0.2) is 0 Å². The molecule has 0 radical (unpaired) electrons. The molecule has 1 saturated heterocycles. The maximum Gasteiger partial charge on any atom is 0.227 e. The maximum atomic E-state index is 12.1. The van der Waals surface area contributed by atoms with Crippen LogP contribution in [0.5, 0.6) is 0 Å². The summed E-state index contributed by atoms with van der Waals surface area (Å²) in [5.41, 5.74) is 0.531. The molecule has 1 aliphatic rings. The minimum Gasteiger partial charge on any atom is -0.330 e. The van der Waals surface area contributed by atoms with Gasteiger partial charge in [-0.15, -0.1) is 0 Å². The lowest BCUT2D eigenvalue weighted by Crippen LogP contribution is -2.43.